The number of hydrogen-bond donors (Lipinski definition) is 2. The summed E-state index contributed by atoms with van der Waals surface area (Å²) >= 11 is 0. The van der Waals surface area contributed by atoms with Crippen molar-refractivity contribution in [3.05, 3.63) is 36.4 Å². The van der Waals surface area contributed by atoms with Crippen LogP contribution in [0.5, 0.6) is 0 Å². The minimum absolute atomic E-state index is 0.124. The van der Waals surface area contributed by atoms with Crippen LogP contribution in [0.1, 0.15) is 6.42 Å². The van der Waals surface area contributed by atoms with Crippen molar-refractivity contribution >= 4 is 32.3 Å². The van der Waals surface area contributed by atoms with Gasteiger partial charge in [-0.1, -0.05) is 24.3 Å². The number of carboxylic acids is 1. The zero-order valence-corrected chi connectivity index (χ0v) is 13.9. The summed E-state index contributed by atoms with van der Waals surface area (Å²) in [5.74, 6) is -1.50. The van der Waals surface area contributed by atoms with Gasteiger partial charge in [-0.25, -0.2) is 8.42 Å². The molecule has 0 aliphatic rings. The summed E-state index contributed by atoms with van der Waals surface area (Å²) in [4.78, 5) is 12.9. The molecule has 0 aromatic heterocycles. The highest BCUT2D eigenvalue weighted by molar-refractivity contribution is 7.91. The van der Waals surface area contributed by atoms with Crippen molar-refractivity contribution in [2.24, 2.45) is 5.73 Å². The molecular weight excluding hydrogens is 316 g/mol. The molecule has 2 aromatic carbocycles. The van der Waals surface area contributed by atoms with Crippen LogP contribution in [0.3, 0.4) is 0 Å². The van der Waals surface area contributed by atoms with Crippen molar-refractivity contribution in [2.45, 2.75) is 17.4 Å². The van der Waals surface area contributed by atoms with Crippen molar-refractivity contribution < 1.29 is 18.3 Å². The summed E-state index contributed by atoms with van der Waals surface area (Å²) in [5.41, 5.74) is 6.33. The van der Waals surface area contributed by atoms with Gasteiger partial charge in [-0.2, -0.15) is 0 Å². The van der Waals surface area contributed by atoms with Crippen molar-refractivity contribution in [1.29, 1.82) is 0 Å². The highest BCUT2D eigenvalue weighted by Crippen LogP contribution is 2.30. The van der Waals surface area contributed by atoms with Crippen LogP contribution in [0.2, 0.25) is 0 Å². The van der Waals surface area contributed by atoms with Gasteiger partial charge in [-0.05, 0) is 18.6 Å². The molecule has 0 unspecified atom stereocenters. The molecule has 2 rings (SSSR count). The minimum atomic E-state index is -3.62. The maximum absolute atomic E-state index is 12.6. The number of carboxylic acid groups (broad SMARTS) is 1. The monoisotopic (exact) mass is 336 g/mol. The molecule has 0 aliphatic heterocycles. The summed E-state index contributed by atoms with van der Waals surface area (Å²) in [6.07, 6.45) is -0.124. The molecule has 2 aromatic rings. The molecule has 0 saturated heterocycles. The standard InChI is InChI=1S/C16H20N2O4S/c1-18(2)14-7-3-6-12-11(14)5-4-8-15(12)23(21,22)10-9-13(17)16(19)20/h3-8,13H,9-10,17H2,1-2H3,(H,19,20)/t13-/m0/s1. The average Bonchev–Trinajstić information content (AvgIpc) is 2.51. The van der Waals surface area contributed by atoms with Crippen LogP contribution in [0.4, 0.5) is 5.69 Å². The lowest BCUT2D eigenvalue weighted by Gasteiger charge is -2.17. The molecule has 0 saturated carbocycles. The van der Waals surface area contributed by atoms with Gasteiger partial charge in [0.15, 0.2) is 9.84 Å². The summed E-state index contributed by atoms with van der Waals surface area (Å²) in [7, 11) is 0.162. The van der Waals surface area contributed by atoms with E-state index in [4.69, 9.17) is 10.8 Å². The number of rotatable bonds is 6. The van der Waals surface area contributed by atoms with E-state index in [0.717, 1.165) is 11.1 Å². The number of nitrogens with two attached hydrogens (primary N) is 1. The van der Waals surface area contributed by atoms with Gasteiger partial charge in [0.2, 0.25) is 0 Å². The normalized spacial score (nSPS) is 13.0. The lowest BCUT2D eigenvalue weighted by atomic mass is 10.1. The molecule has 0 amide bonds. The Morgan fingerprint density at radius 1 is 1.17 bits per heavy atom. The molecule has 3 N–H and O–H groups in total. The second-order valence-electron chi connectivity index (χ2n) is 5.58. The molecule has 7 heteroatoms. The number of nitrogens with zero attached hydrogens (tertiary/aromatic N) is 1. The van der Waals surface area contributed by atoms with Crippen LogP contribution in [0.15, 0.2) is 41.3 Å². The van der Waals surface area contributed by atoms with Gasteiger partial charge < -0.3 is 15.7 Å². The zero-order chi connectivity index (χ0) is 17.2. The van der Waals surface area contributed by atoms with Gasteiger partial charge in [0.05, 0.1) is 10.6 Å². The second kappa shape index (κ2) is 6.55. The van der Waals surface area contributed by atoms with Gasteiger partial charge in [0.1, 0.15) is 6.04 Å². The molecule has 23 heavy (non-hydrogen) atoms. The smallest absolute Gasteiger partial charge is 0.320 e. The van der Waals surface area contributed by atoms with E-state index in [1.807, 2.05) is 31.1 Å². The number of benzene rings is 2. The second-order valence-corrected chi connectivity index (χ2v) is 7.65. The van der Waals surface area contributed by atoms with E-state index in [9.17, 15) is 13.2 Å². The largest absolute Gasteiger partial charge is 0.480 e. The van der Waals surface area contributed by atoms with Crippen LogP contribution in [0.25, 0.3) is 10.8 Å². The predicted octanol–water partition coefficient (Wildman–Crippen LogP) is 1.48. The van der Waals surface area contributed by atoms with E-state index in [1.165, 1.54) is 0 Å². The Hall–Kier alpha value is -2.12. The van der Waals surface area contributed by atoms with Crippen LogP contribution in [-0.2, 0) is 14.6 Å². The van der Waals surface area contributed by atoms with E-state index < -0.39 is 21.8 Å². The molecule has 0 fully saturated rings. The summed E-state index contributed by atoms with van der Waals surface area (Å²) in [6, 6.07) is 9.40. The average molecular weight is 336 g/mol. The first kappa shape index (κ1) is 17.2. The molecular formula is C16H20N2O4S. The number of anilines is 1. The number of aliphatic carboxylic acids is 1. The fraction of sp³-hybridized carbons (Fsp3) is 0.312. The fourth-order valence-corrected chi connectivity index (χ4v) is 4.02. The van der Waals surface area contributed by atoms with Crippen LogP contribution >= 0.6 is 0 Å². The van der Waals surface area contributed by atoms with Crippen molar-refractivity contribution in [1.82, 2.24) is 0 Å². The molecule has 1 atom stereocenters. The third-order valence-corrected chi connectivity index (χ3v) is 5.49. The fourth-order valence-electron chi connectivity index (χ4n) is 2.44. The van der Waals surface area contributed by atoms with E-state index in [2.05, 4.69) is 0 Å². The van der Waals surface area contributed by atoms with Gasteiger partial charge >= 0.3 is 5.97 Å². The Balaban J connectivity index is 2.47. The summed E-state index contributed by atoms with van der Waals surface area (Å²) in [6.45, 7) is 0. The van der Waals surface area contributed by atoms with Gasteiger partial charge in [-0.15, -0.1) is 0 Å². The first-order chi connectivity index (χ1) is 10.7. The molecule has 0 aliphatic carbocycles. The van der Waals surface area contributed by atoms with E-state index in [-0.39, 0.29) is 17.1 Å². The lowest BCUT2D eigenvalue weighted by molar-refractivity contribution is -0.138. The third kappa shape index (κ3) is 3.62. The highest BCUT2D eigenvalue weighted by atomic mass is 32.2. The number of fused-ring (bicyclic) bond motifs is 1. The lowest BCUT2D eigenvalue weighted by Crippen LogP contribution is -2.32. The third-order valence-electron chi connectivity index (χ3n) is 3.69. The molecule has 0 spiro atoms. The maximum atomic E-state index is 12.6. The van der Waals surface area contributed by atoms with Crippen molar-refractivity contribution in [3.63, 3.8) is 0 Å². The predicted molar refractivity (Wildman–Crippen MR) is 90.6 cm³/mol. The Labute approximate surface area is 135 Å². The summed E-state index contributed by atoms with van der Waals surface area (Å²) < 4.78 is 25.2. The van der Waals surface area contributed by atoms with Crippen molar-refractivity contribution in [2.75, 3.05) is 24.7 Å². The molecule has 0 bridgehead atoms. The number of hydrogen-bond acceptors (Lipinski definition) is 5. The Kier molecular flexibility index (Phi) is 4.91. The van der Waals surface area contributed by atoms with Crippen LogP contribution < -0.4 is 10.6 Å². The molecule has 0 radical (unpaired) electrons. The first-order valence-electron chi connectivity index (χ1n) is 7.14. The van der Waals surface area contributed by atoms with Crippen LogP contribution in [-0.4, -0.2) is 45.4 Å². The molecule has 6 nitrogen and oxygen atoms in total. The number of sulfone groups is 1. The Morgan fingerprint density at radius 2 is 1.78 bits per heavy atom. The Bertz CT molecular complexity index is 831. The first-order valence-corrected chi connectivity index (χ1v) is 8.79. The minimum Gasteiger partial charge on any atom is -0.480 e. The van der Waals surface area contributed by atoms with Crippen molar-refractivity contribution in [3.8, 4) is 0 Å². The highest BCUT2D eigenvalue weighted by Gasteiger charge is 2.21. The topological polar surface area (TPSA) is 101 Å². The number of carbonyl (C=O) groups is 1. The van der Waals surface area contributed by atoms with Gasteiger partial charge in [-0.3, -0.25) is 4.79 Å². The Morgan fingerprint density at radius 3 is 2.39 bits per heavy atom. The molecule has 0 heterocycles. The van der Waals surface area contributed by atoms with Gasteiger partial charge in [0, 0.05) is 30.6 Å². The van der Waals surface area contributed by atoms with Crippen LogP contribution in [0, 0.1) is 0 Å². The summed E-state index contributed by atoms with van der Waals surface area (Å²) in [5, 5.41) is 10.3. The van der Waals surface area contributed by atoms with E-state index in [1.54, 1.807) is 24.3 Å². The quantitative estimate of drug-likeness (QED) is 0.829. The SMILES string of the molecule is CN(C)c1cccc2c(S(=O)(=O)CC[C@H](N)C(=O)O)cccc12. The molecule has 124 valence electrons. The van der Waals surface area contributed by atoms with E-state index >= 15 is 0 Å². The maximum Gasteiger partial charge on any atom is 0.320 e. The van der Waals surface area contributed by atoms with E-state index in [0.29, 0.717) is 5.39 Å². The van der Waals surface area contributed by atoms with Gasteiger partial charge in [0.25, 0.3) is 0 Å². The zero-order valence-electron chi connectivity index (χ0n) is 13.1.